The Hall–Kier alpha value is -2.08. The van der Waals surface area contributed by atoms with Crippen molar-refractivity contribution in [1.29, 1.82) is 0 Å². The Morgan fingerprint density at radius 3 is 2.80 bits per heavy atom. The van der Waals surface area contributed by atoms with Crippen LogP contribution in [-0.4, -0.2) is 22.7 Å². The Balaban J connectivity index is 1.95. The van der Waals surface area contributed by atoms with Crippen molar-refractivity contribution in [1.82, 2.24) is 10.5 Å². The molecule has 2 N–H and O–H groups in total. The number of aliphatic hydroxyl groups is 1. The van der Waals surface area contributed by atoms with Gasteiger partial charge in [-0.1, -0.05) is 5.16 Å². The molecule has 0 saturated heterocycles. The van der Waals surface area contributed by atoms with Crippen LogP contribution in [0.3, 0.4) is 0 Å². The minimum Gasteiger partial charge on any atom is -0.467 e. The summed E-state index contributed by atoms with van der Waals surface area (Å²) in [4.78, 5) is 12.1. The Bertz CT molecular complexity index is 555. The highest BCUT2D eigenvalue weighted by Crippen LogP contribution is 2.23. The summed E-state index contributed by atoms with van der Waals surface area (Å²) in [5.41, 5.74) is 1.49. The molecule has 0 fully saturated rings. The topological polar surface area (TPSA) is 88.5 Å². The summed E-state index contributed by atoms with van der Waals surface area (Å²) in [6, 6.07) is 3.35. The molecule has 6 heteroatoms. The van der Waals surface area contributed by atoms with Gasteiger partial charge in [-0.15, -0.1) is 0 Å². The van der Waals surface area contributed by atoms with Crippen LogP contribution < -0.4 is 5.32 Å². The van der Waals surface area contributed by atoms with Crippen molar-refractivity contribution in [2.24, 2.45) is 0 Å². The maximum Gasteiger partial charge on any atom is 0.227 e. The van der Waals surface area contributed by atoms with Gasteiger partial charge in [-0.05, 0) is 32.9 Å². The molecule has 0 spiro atoms. The molecule has 0 aliphatic carbocycles. The maximum absolute atomic E-state index is 12.1. The number of rotatable bonds is 5. The van der Waals surface area contributed by atoms with Crippen molar-refractivity contribution in [3.8, 4) is 0 Å². The summed E-state index contributed by atoms with van der Waals surface area (Å²) in [5, 5.41) is 16.4. The summed E-state index contributed by atoms with van der Waals surface area (Å²) < 4.78 is 10.1. The molecule has 0 aromatic carbocycles. The van der Waals surface area contributed by atoms with E-state index in [1.165, 1.54) is 6.26 Å². The molecule has 2 aromatic rings. The molecule has 6 nitrogen and oxygen atoms in total. The van der Waals surface area contributed by atoms with Gasteiger partial charge < -0.3 is 19.4 Å². The van der Waals surface area contributed by atoms with Crippen molar-refractivity contribution in [3.63, 3.8) is 0 Å². The lowest BCUT2D eigenvalue weighted by Gasteiger charge is -2.14. The zero-order valence-corrected chi connectivity index (χ0v) is 11.7. The van der Waals surface area contributed by atoms with Gasteiger partial charge in [-0.25, -0.2) is 0 Å². The van der Waals surface area contributed by atoms with E-state index in [0.717, 1.165) is 5.56 Å². The van der Waals surface area contributed by atoms with Crippen LogP contribution in [0.5, 0.6) is 0 Å². The fourth-order valence-corrected chi connectivity index (χ4v) is 2.17. The fraction of sp³-hybridized carbons (Fsp3) is 0.429. The number of furan rings is 1. The number of aromatic nitrogens is 1. The number of carbonyl (C=O) groups excluding carboxylic acids is 1. The molecule has 0 saturated carbocycles. The number of aliphatic hydroxyl groups excluding tert-OH is 1. The first-order valence-electron chi connectivity index (χ1n) is 6.42. The molecule has 2 atom stereocenters. The molecule has 0 aliphatic heterocycles. The first-order chi connectivity index (χ1) is 9.50. The van der Waals surface area contributed by atoms with Crippen molar-refractivity contribution >= 4 is 5.91 Å². The van der Waals surface area contributed by atoms with Gasteiger partial charge >= 0.3 is 0 Å². The first kappa shape index (κ1) is 14.3. The maximum atomic E-state index is 12.1. The van der Waals surface area contributed by atoms with E-state index >= 15 is 0 Å². The van der Waals surface area contributed by atoms with E-state index in [1.54, 1.807) is 32.9 Å². The van der Waals surface area contributed by atoms with Crippen molar-refractivity contribution in [2.45, 2.75) is 32.8 Å². The fourth-order valence-electron chi connectivity index (χ4n) is 2.17. The van der Waals surface area contributed by atoms with Crippen molar-refractivity contribution < 1.29 is 18.8 Å². The molecule has 2 heterocycles. The van der Waals surface area contributed by atoms with E-state index in [0.29, 0.717) is 17.2 Å². The monoisotopic (exact) mass is 278 g/mol. The van der Waals surface area contributed by atoms with Crippen LogP contribution in [0.2, 0.25) is 0 Å². The second kappa shape index (κ2) is 5.92. The molecule has 20 heavy (non-hydrogen) atoms. The van der Waals surface area contributed by atoms with Crippen LogP contribution in [0.4, 0.5) is 0 Å². The van der Waals surface area contributed by atoms with Crippen LogP contribution in [-0.2, 0) is 4.79 Å². The van der Waals surface area contributed by atoms with Gasteiger partial charge in [0.05, 0.1) is 24.4 Å². The molecule has 2 aromatic heterocycles. The van der Waals surface area contributed by atoms with Crippen LogP contribution in [0, 0.1) is 13.8 Å². The molecule has 0 aliphatic rings. The van der Waals surface area contributed by atoms with Crippen LogP contribution in [0.1, 0.15) is 41.7 Å². The quantitative estimate of drug-likeness (QED) is 0.871. The molecule has 1 amide bonds. The Morgan fingerprint density at radius 2 is 2.25 bits per heavy atom. The highest BCUT2D eigenvalue weighted by atomic mass is 16.5. The number of nitrogens with one attached hydrogen (secondary N) is 1. The Morgan fingerprint density at radius 1 is 1.50 bits per heavy atom. The molecule has 2 rings (SSSR count). The standard InChI is InChI=1S/C14H18N2O4/c1-8(13-9(2)16-20-10(13)3)14(18)15-7-11(17)12-5-4-6-19-12/h4-6,8,11,17H,7H2,1-3H3,(H,15,18). The molecule has 108 valence electrons. The van der Waals surface area contributed by atoms with Crippen LogP contribution in [0.25, 0.3) is 0 Å². The number of hydrogen-bond donors (Lipinski definition) is 2. The average molecular weight is 278 g/mol. The molecular weight excluding hydrogens is 260 g/mol. The third-order valence-electron chi connectivity index (χ3n) is 3.26. The summed E-state index contributed by atoms with van der Waals surface area (Å²) in [5.74, 6) is 0.488. The number of aryl methyl sites for hydroxylation is 2. The SMILES string of the molecule is Cc1noc(C)c1C(C)C(=O)NCC(O)c1ccco1. The van der Waals surface area contributed by atoms with E-state index < -0.39 is 6.10 Å². The second-order valence-corrected chi connectivity index (χ2v) is 4.74. The minimum absolute atomic E-state index is 0.0973. The summed E-state index contributed by atoms with van der Waals surface area (Å²) in [6.45, 7) is 5.45. The predicted molar refractivity (Wildman–Crippen MR) is 71.1 cm³/mol. The van der Waals surface area contributed by atoms with Gasteiger partial charge in [0.2, 0.25) is 5.91 Å². The lowest BCUT2D eigenvalue weighted by atomic mass is 9.98. The van der Waals surface area contributed by atoms with E-state index in [4.69, 9.17) is 8.94 Å². The highest BCUT2D eigenvalue weighted by Gasteiger charge is 2.23. The van der Waals surface area contributed by atoms with Crippen LogP contribution >= 0.6 is 0 Å². The number of hydrogen-bond acceptors (Lipinski definition) is 5. The number of amides is 1. The highest BCUT2D eigenvalue weighted by molar-refractivity contribution is 5.83. The van der Waals surface area contributed by atoms with Crippen molar-refractivity contribution in [2.75, 3.05) is 6.54 Å². The van der Waals surface area contributed by atoms with Gasteiger partial charge in [0, 0.05) is 5.56 Å². The average Bonchev–Trinajstić information content (AvgIpc) is 3.05. The molecule has 0 radical (unpaired) electrons. The zero-order valence-electron chi connectivity index (χ0n) is 11.7. The van der Waals surface area contributed by atoms with E-state index in [2.05, 4.69) is 10.5 Å². The van der Waals surface area contributed by atoms with Gasteiger partial charge in [0.1, 0.15) is 17.6 Å². The Kier molecular flexibility index (Phi) is 4.24. The second-order valence-electron chi connectivity index (χ2n) is 4.74. The Labute approximate surface area is 116 Å². The number of carbonyl (C=O) groups is 1. The molecular formula is C14H18N2O4. The third-order valence-corrected chi connectivity index (χ3v) is 3.26. The van der Waals surface area contributed by atoms with Gasteiger partial charge in [-0.2, -0.15) is 0 Å². The van der Waals surface area contributed by atoms with Gasteiger partial charge in [0.15, 0.2) is 0 Å². The number of nitrogens with zero attached hydrogens (tertiary/aromatic N) is 1. The molecule has 0 bridgehead atoms. The largest absolute Gasteiger partial charge is 0.467 e. The first-order valence-corrected chi connectivity index (χ1v) is 6.42. The summed E-state index contributed by atoms with van der Waals surface area (Å²) >= 11 is 0. The van der Waals surface area contributed by atoms with Gasteiger partial charge in [0.25, 0.3) is 0 Å². The third kappa shape index (κ3) is 2.91. The minimum atomic E-state index is -0.856. The van der Waals surface area contributed by atoms with Gasteiger partial charge in [-0.3, -0.25) is 4.79 Å². The molecule has 2 unspecified atom stereocenters. The smallest absolute Gasteiger partial charge is 0.227 e. The lowest BCUT2D eigenvalue weighted by molar-refractivity contribution is -0.122. The predicted octanol–water partition coefficient (Wildman–Crippen LogP) is 1.84. The lowest BCUT2D eigenvalue weighted by Crippen LogP contribution is -2.32. The summed E-state index contributed by atoms with van der Waals surface area (Å²) in [7, 11) is 0. The normalized spacial score (nSPS) is 14.0. The van der Waals surface area contributed by atoms with E-state index in [1.807, 2.05) is 0 Å². The zero-order chi connectivity index (χ0) is 14.7. The van der Waals surface area contributed by atoms with E-state index in [9.17, 15) is 9.90 Å². The summed E-state index contributed by atoms with van der Waals surface area (Å²) in [6.07, 6.45) is 0.623. The van der Waals surface area contributed by atoms with Crippen molar-refractivity contribution in [3.05, 3.63) is 41.2 Å². The van der Waals surface area contributed by atoms with Crippen LogP contribution in [0.15, 0.2) is 27.3 Å². The van der Waals surface area contributed by atoms with E-state index in [-0.39, 0.29) is 18.4 Å².